The Morgan fingerprint density at radius 1 is 1.47 bits per heavy atom. The predicted octanol–water partition coefficient (Wildman–Crippen LogP) is 1.98. The Morgan fingerprint density at radius 2 is 2.21 bits per heavy atom. The van der Waals surface area contributed by atoms with Crippen LogP contribution in [0.3, 0.4) is 0 Å². The lowest BCUT2D eigenvalue weighted by atomic mass is 10.1. The van der Waals surface area contributed by atoms with Crippen molar-refractivity contribution in [1.29, 1.82) is 0 Å². The summed E-state index contributed by atoms with van der Waals surface area (Å²) in [4.78, 5) is 11.0. The SMILES string of the molecule is CCCCNC(=S)N/N=C/c1ccccc1C(=O)O. The molecule has 19 heavy (non-hydrogen) atoms. The van der Waals surface area contributed by atoms with Gasteiger partial charge in [0.05, 0.1) is 11.8 Å². The zero-order valence-electron chi connectivity index (χ0n) is 10.7. The van der Waals surface area contributed by atoms with Crippen LogP contribution in [0.1, 0.15) is 35.7 Å². The maximum absolute atomic E-state index is 11.0. The number of nitrogens with one attached hydrogen (secondary N) is 2. The van der Waals surface area contributed by atoms with Gasteiger partial charge in [0, 0.05) is 12.1 Å². The fourth-order valence-corrected chi connectivity index (χ4v) is 1.54. The molecule has 0 atom stereocenters. The number of carboxylic acids is 1. The summed E-state index contributed by atoms with van der Waals surface area (Å²) in [5.74, 6) is -0.981. The van der Waals surface area contributed by atoms with Crippen molar-refractivity contribution < 1.29 is 9.90 Å². The van der Waals surface area contributed by atoms with E-state index < -0.39 is 5.97 Å². The van der Waals surface area contributed by atoms with E-state index >= 15 is 0 Å². The summed E-state index contributed by atoms with van der Waals surface area (Å²) in [5.41, 5.74) is 3.39. The second kappa shape index (κ2) is 8.20. The van der Waals surface area contributed by atoms with Crippen molar-refractivity contribution in [3.05, 3.63) is 35.4 Å². The number of rotatable bonds is 6. The summed E-state index contributed by atoms with van der Waals surface area (Å²) in [6, 6.07) is 6.64. The number of hydrogen-bond acceptors (Lipinski definition) is 3. The van der Waals surface area contributed by atoms with E-state index in [9.17, 15) is 4.79 Å². The standard InChI is InChI=1S/C13H17N3O2S/c1-2-3-8-14-13(19)16-15-9-10-6-4-5-7-11(10)12(17)18/h4-7,9H,2-3,8H2,1H3,(H,17,18)(H2,14,16,19)/b15-9+. The smallest absolute Gasteiger partial charge is 0.336 e. The molecule has 0 saturated heterocycles. The molecule has 0 aromatic heterocycles. The van der Waals surface area contributed by atoms with Gasteiger partial charge >= 0.3 is 5.97 Å². The van der Waals surface area contributed by atoms with E-state index in [-0.39, 0.29) is 5.56 Å². The Bertz CT molecular complexity index is 475. The van der Waals surface area contributed by atoms with Crippen LogP contribution >= 0.6 is 12.2 Å². The maximum atomic E-state index is 11.0. The Kier molecular flexibility index (Phi) is 6.52. The third-order valence-electron chi connectivity index (χ3n) is 2.38. The van der Waals surface area contributed by atoms with E-state index in [2.05, 4.69) is 22.8 Å². The van der Waals surface area contributed by atoms with Crippen LogP contribution in [0.5, 0.6) is 0 Å². The largest absolute Gasteiger partial charge is 0.478 e. The van der Waals surface area contributed by atoms with E-state index in [0.717, 1.165) is 19.4 Å². The summed E-state index contributed by atoms with van der Waals surface area (Å²) in [6.07, 6.45) is 3.56. The number of carbonyl (C=O) groups is 1. The molecule has 0 aliphatic rings. The molecule has 0 spiro atoms. The van der Waals surface area contributed by atoms with Gasteiger partial charge in [-0.15, -0.1) is 0 Å². The second-order valence-electron chi connectivity index (χ2n) is 3.87. The van der Waals surface area contributed by atoms with Crippen molar-refractivity contribution in [2.45, 2.75) is 19.8 Å². The molecule has 0 saturated carbocycles. The molecule has 3 N–H and O–H groups in total. The normalized spacial score (nSPS) is 10.4. The Hall–Kier alpha value is -1.95. The summed E-state index contributed by atoms with van der Waals surface area (Å²) in [7, 11) is 0. The van der Waals surface area contributed by atoms with Gasteiger partial charge in [-0.25, -0.2) is 4.79 Å². The van der Waals surface area contributed by atoms with E-state index in [1.807, 2.05) is 0 Å². The van der Waals surface area contributed by atoms with Crippen molar-refractivity contribution in [1.82, 2.24) is 10.7 Å². The first-order chi connectivity index (χ1) is 9.15. The molecular formula is C13H17N3O2S. The highest BCUT2D eigenvalue weighted by Gasteiger charge is 2.06. The average Bonchev–Trinajstić information content (AvgIpc) is 2.39. The van der Waals surface area contributed by atoms with Crippen LogP contribution in [-0.4, -0.2) is 28.9 Å². The van der Waals surface area contributed by atoms with Crippen LogP contribution < -0.4 is 10.7 Å². The van der Waals surface area contributed by atoms with Gasteiger partial charge in [-0.1, -0.05) is 31.5 Å². The van der Waals surface area contributed by atoms with Crippen molar-refractivity contribution in [3.63, 3.8) is 0 Å². The van der Waals surface area contributed by atoms with Crippen LogP contribution in [0.25, 0.3) is 0 Å². The van der Waals surface area contributed by atoms with Gasteiger partial charge in [0.1, 0.15) is 0 Å². The van der Waals surface area contributed by atoms with Gasteiger partial charge in [0.25, 0.3) is 0 Å². The highest BCUT2D eigenvalue weighted by molar-refractivity contribution is 7.80. The summed E-state index contributed by atoms with van der Waals surface area (Å²) < 4.78 is 0. The minimum atomic E-state index is -0.981. The first kappa shape index (κ1) is 15.1. The number of carboxylic acid groups (broad SMARTS) is 1. The van der Waals surface area contributed by atoms with Crippen LogP contribution in [0, 0.1) is 0 Å². The lowest BCUT2D eigenvalue weighted by Crippen LogP contribution is -2.32. The molecule has 0 aliphatic heterocycles. The van der Waals surface area contributed by atoms with Crippen LogP contribution in [-0.2, 0) is 0 Å². The minimum absolute atomic E-state index is 0.206. The molecule has 0 heterocycles. The molecule has 0 aliphatic carbocycles. The molecule has 1 aromatic carbocycles. The van der Waals surface area contributed by atoms with E-state index in [0.29, 0.717) is 10.7 Å². The second-order valence-corrected chi connectivity index (χ2v) is 4.28. The molecule has 0 amide bonds. The topological polar surface area (TPSA) is 73.7 Å². The van der Waals surface area contributed by atoms with Crippen LogP contribution in [0.2, 0.25) is 0 Å². The number of unbranched alkanes of at least 4 members (excludes halogenated alkanes) is 1. The molecule has 0 fully saturated rings. The minimum Gasteiger partial charge on any atom is -0.478 e. The lowest BCUT2D eigenvalue weighted by Gasteiger charge is -2.05. The summed E-state index contributed by atoms with van der Waals surface area (Å²) in [5, 5.41) is 16.3. The predicted molar refractivity (Wildman–Crippen MR) is 79.6 cm³/mol. The number of nitrogens with zero attached hydrogens (tertiary/aromatic N) is 1. The number of thiocarbonyl (C=S) groups is 1. The van der Waals surface area contributed by atoms with Gasteiger partial charge in [-0.2, -0.15) is 5.10 Å². The van der Waals surface area contributed by atoms with Gasteiger partial charge in [0.2, 0.25) is 0 Å². The van der Waals surface area contributed by atoms with E-state index in [1.165, 1.54) is 12.3 Å². The maximum Gasteiger partial charge on any atom is 0.336 e. The molecule has 6 heteroatoms. The van der Waals surface area contributed by atoms with Crippen molar-refractivity contribution >= 4 is 29.5 Å². The Morgan fingerprint density at radius 3 is 2.89 bits per heavy atom. The van der Waals surface area contributed by atoms with Crippen LogP contribution in [0.15, 0.2) is 29.4 Å². The highest BCUT2D eigenvalue weighted by Crippen LogP contribution is 2.05. The van der Waals surface area contributed by atoms with E-state index in [1.54, 1.807) is 18.2 Å². The summed E-state index contributed by atoms with van der Waals surface area (Å²) in [6.45, 7) is 2.89. The number of hydrogen-bond donors (Lipinski definition) is 3. The monoisotopic (exact) mass is 279 g/mol. The Labute approximate surface area is 117 Å². The first-order valence-corrected chi connectivity index (χ1v) is 6.45. The average molecular weight is 279 g/mol. The highest BCUT2D eigenvalue weighted by atomic mass is 32.1. The zero-order valence-corrected chi connectivity index (χ0v) is 11.5. The molecule has 0 radical (unpaired) electrons. The Balaban J connectivity index is 2.53. The number of hydrazone groups is 1. The molecule has 1 aromatic rings. The first-order valence-electron chi connectivity index (χ1n) is 6.04. The third-order valence-corrected chi connectivity index (χ3v) is 2.61. The molecule has 1 rings (SSSR count). The molecule has 0 unspecified atom stereocenters. The zero-order chi connectivity index (χ0) is 14.1. The van der Waals surface area contributed by atoms with Crippen molar-refractivity contribution in [2.24, 2.45) is 5.10 Å². The lowest BCUT2D eigenvalue weighted by molar-refractivity contribution is 0.0697. The van der Waals surface area contributed by atoms with Crippen LogP contribution in [0.4, 0.5) is 0 Å². The molecule has 5 nitrogen and oxygen atoms in total. The quantitative estimate of drug-likeness (QED) is 0.321. The number of benzene rings is 1. The molecule has 0 bridgehead atoms. The molecular weight excluding hydrogens is 262 g/mol. The van der Waals surface area contributed by atoms with Crippen molar-refractivity contribution in [3.8, 4) is 0 Å². The van der Waals surface area contributed by atoms with Gasteiger partial charge in [0.15, 0.2) is 5.11 Å². The van der Waals surface area contributed by atoms with Gasteiger partial charge in [-0.3, -0.25) is 5.43 Å². The summed E-state index contributed by atoms with van der Waals surface area (Å²) >= 11 is 5.01. The third kappa shape index (κ3) is 5.48. The van der Waals surface area contributed by atoms with Crippen molar-refractivity contribution in [2.75, 3.05) is 6.54 Å². The fraction of sp³-hybridized carbons (Fsp3) is 0.308. The fourth-order valence-electron chi connectivity index (χ4n) is 1.38. The van der Waals surface area contributed by atoms with Gasteiger partial charge in [-0.05, 0) is 24.7 Å². The van der Waals surface area contributed by atoms with E-state index in [4.69, 9.17) is 17.3 Å². The number of aromatic carboxylic acids is 1. The molecule has 102 valence electrons. The van der Waals surface area contributed by atoms with Gasteiger partial charge < -0.3 is 10.4 Å².